The molecule has 3 heterocycles. The first-order valence-corrected chi connectivity index (χ1v) is 15.3. The van der Waals surface area contributed by atoms with Crippen LogP contribution in [0, 0.1) is 17.7 Å². The highest BCUT2D eigenvalue weighted by molar-refractivity contribution is 5.95. The summed E-state index contributed by atoms with van der Waals surface area (Å²) in [7, 11) is 0. The van der Waals surface area contributed by atoms with E-state index in [4.69, 9.17) is 14.2 Å². The number of benzene rings is 1. The normalized spacial score (nSPS) is 29.3. The second kappa shape index (κ2) is 12.8. The summed E-state index contributed by atoms with van der Waals surface area (Å²) in [5, 5.41) is 12.7. The molecule has 1 saturated heterocycles. The van der Waals surface area contributed by atoms with E-state index < -0.39 is 70.8 Å². The molecule has 1 saturated carbocycles. The Bertz CT molecular complexity index is 1390. The van der Waals surface area contributed by atoms with Gasteiger partial charge in [0.25, 0.3) is 0 Å². The molecule has 1 aromatic carbocycles. The number of ether oxygens (including phenoxy) is 3. The second-order valence-electron chi connectivity index (χ2n) is 13.2. The smallest absolute Gasteiger partial charge is 0.410 e. The number of carboxylic acids is 1. The second-order valence-corrected chi connectivity index (χ2v) is 13.2. The van der Waals surface area contributed by atoms with Gasteiger partial charge in [0.15, 0.2) is 0 Å². The minimum Gasteiger partial charge on any atom is -0.479 e. The van der Waals surface area contributed by atoms with Gasteiger partial charge in [0, 0.05) is 37.0 Å². The molecule has 3 amide bonds. The van der Waals surface area contributed by atoms with Crippen molar-refractivity contribution in [2.24, 2.45) is 11.8 Å². The Balaban J connectivity index is 1.37. The van der Waals surface area contributed by atoms with Crippen LogP contribution in [0.3, 0.4) is 0 Å². The molecule has 2 fully saturated rings. The first-order chi connectivity index (χ1) is 21.3. The van der Waals surface area contributed by atoms with E-state index in [1.807, 2.05) is 0 Å². The summed E-state index contributed by atoms with van der Waals surface area (Å²) in [6.45, 7) is 5.75. The van der Waals surface area contributed by atoms with E-state index >= 15 is 0 Å². The number of halogens is 1. The maximum Gasteiger partial charge on any atom is 0.410 e. The number of carbonyl (C=O) groups excluding carboxylic acids is 4. The number of aliphatic carboxylic acids is 1. The van der Waals surface area contributed by atoms with E-state index in [0.717, 1.165) is 0 Å². The number of rotatable bonds is 4. The predicted octanol–water partition coefficient (Wildman–Crippen LogP) is 2.92. The standard InChI is InChI=1S/C32H40FN3O9/c1-31(2,3)45-26(37)13-19-8-5-11-43-12-6-9-21-15-32(21,29(40)41)34-27(38)25-14-22(17-36(25)28(19)39)44-30(42)35-16-20-7-4-10-24(33)23(20)18-35/h4,6-7,9-10,19,21-22,25H,5,8,11-18H2,1-3H3,(H,34,38)(H,40,41)/b9-6-/t19-,21-,22-,25+,32-/m1/s1. The molecule has 3 aliphatic heterocycles. The van der Waals surface area contributed by atoms with Gasteiger partial charge in [-0.05, 0) is 51.7 Å². The number of hydrogen-bond acceptors (Lipinski definition) is 8. The SMILES string of the molecule is CC(C)(C)OC(=O)C[C@H]1CCCOC/C=C\[C@@H]2C[C@@]2(C(=O)O)NC(=O)[C@@H]2C[C@@H](OC(=O)N3Cc4cccc(F)c4C3)CN2C1=O. The zero-order valence-corrected chi connectivity index (χ0v) is 25.8. The molecule has 244 valence electrons. The van der Waals surface area contributed by atoms with Gasteiger partial charge in [-0.2, -0.15) is 0 Å². The first kappa shape index (κ1) is 32.4. The summed E-state index contributed by atoms with van der Waals surface area (Å²) in [4.78, 5) is 68.6. The van der Waals surface area contributed by atoms with Crippen molar-refractivity contribution in [1.82, 2.24) is 15.1 Å². The maximum atomic E-state index is 14.3. The summed E-state index contributed by atoms with van der Waals surface area (Å²) in [5.41, 5.74) is -1.22. The van der Waals surface area contributed by atoms with E-state index in [1.165, 1.54) is 15.9 Å². The number of fused-ring (bicyclic) bond motifs is 3. The van der Waals surface area contributed by atoms with Crippen molar-refractivity contribution in [3.63, 3.8) is 0 Å². The molecule has 4 aliphatic rings. The van der Waals surface area contributed by atoms with Crippen LogP contribution < -0.4 is 5.32 Å². The Labute approximate surface area is 260 Å². The zero-order chi connectivity index (χ0) is 32.5. The molecule has 13 heteroatoms. The van der Waals surface area contributed by atoms with Crippen LogP contribution in [0.15, 0.2) is 30.4 Å². The largest absolute Gasteiger partial charge is 0.479 e. The highest BCUT2D eigenvalue weighted by atomic mass is 19.1. The number of carbonyl (C=O) groups is 5. The molecule has 0 radical (unpaired) electrons. The number of nitrogens with zero attached hydrogens (tertiary/aromatic N) is 2. The molecule has 5 rings (SSSR count). The van der Waals surface area contributed by atoms with Crippen LogP contribution in [0.25, 0.3) is 0 Å². The molecule has 0 spiro atoms. The lowest BCUT2D eigenvalue weighted by molar-refractivity contribution is -0.159. The average molecular weight is 630 g/mol. The number of nitrogens with one attached hydrogen (secondary N) is 1. The Morgan fingerprint density at radius 3 is 2.69 bits per heavy atom. The Hall–Kier alpha value is -4.00. The lowest BCUT2D eigenvalue weighted by Gasteiger charge is -2.29. The fraction of sp³-hybridized carbons (Fsp3) is 0.594. The molecule has 0 unspecified atom stereocenters. The van der Waals surface area contributed by atoms with Gasteiger partial charge in [0.05, 0.1) is 26.1 Å². The molecule has 12 nitrogen and oxygen atoms in total. The van der Waals surface area contributed by atoms with Gasteiger partial charge in [-0.3, -0.25) is 19.3 Å². The minimum absolute atomic E-state index is 0.0240. The number of carboxylic acid groups (broad SMARTS) is 1. The molecule has 0 aromatic heterocycles. The van der Waals surface area contributed by atoms with Crippen LogP contribution >= 0.6 is 0 Å². The van der Waals surface area contributed by atoms with Crippen LogP contribution in [0.5, 0.6) is 0 Å². The van der Waals surface area contributed by atoms with Gasteiger partial charge < -0.3 is 29.5 Å². The van der Waals surface area contributed by atoms with Crippen molar-refractivity contribution in [3.05, 3.63) is 47.3 Å². The average Bonchev–Trinajstić information content (AvgIpc) is 3.27. The van der Waals surface area contributed by atoms with Gasteiger partial charge in [-0.15, -0.1) is 0 Å². The quantitative estimate of drug-likeness (QED) is 0.378. The maximum absolute atomic E-state index is 14.3. The van der Waals surface area contributed by atoms with Crippen molar-refractivity contribution < 1.29 is 47.7 Å². The van der Waals surface area contributed by atoms with E-state index in [0.29, 0.717) is 24.2 Å². The van der Waals surface area contributed by atoms with Gasteiger partial charge in [-0.25, -0.2) is 14.0 Å². The third kappa shape index (κ3) is 7.29. The molecule has 5 atom stereocenters. The topological polar surface area (TPSA) is 152 Å². The zero-order valence-electron chi connectivity index (χ0n) is 25.8. The Morgan fingerprint density at radius 1 is 1.20 bits per heavy atom. The van der Waals surface area contributed by atoms with Crippen LogP contribution in [-0.2, 0) is 46.5 Å². The van der Waals surface area contributed by atoms with Crippen LogP contribution in [0.1, 0.15) is 64.0 Å². The monoisotopic (exact) mass is 629 g/mol. The highest BCUT2D eigenvalue weighted by Crippen LogP contribution is 2.45. The van der Waals surface area contributed by atoms with E-state index in [1.54, 1.807) is 45.1 Å². The van der Waals surface area contributed by atoms with Gasteiger partial charge >= 0.3 is 18.0 Å². The van der Waals surface area contributed by atoms with Crippen LogP contribution in [-0.4, -0.2) is 87.8 Å². The molecule has 45 heavy (non-hydrogen) atoms. The fourth-order valence-electron chi connectivity index (χ4n) is 6.30. The lowest BCUT2D eigenvalue weighted by atomic mass is 9.97. The van der Waals surface area contributed by atoms with Gasteiger partial charge in [0.2, 0.25) is 11.8 Å². The van der Waals surface area contributed by atoms with Crippen molar-refractivity contribution in [2.75, 3.05) is 19.8 Å². The van der Waals surface area contributed by atoms with Gasteiger partial charge in [0.1, 0.15) is 29.1 Å². The minimum atomic E-state index is -1.53. The molecule has 1 aromatic rings. The van der Waals surface area contributed by atoms with Crippen molar-refractivity contribution in [2.45, 2.75) is 89.3 Å². The summed E-state index contributed by atoms with van der Waals surface area (Å²) in [6, 6.07) is 3.48. The number of hydrogen-bond donors (Lipinski definition) is 2. The number of amides is 3. The molecule has 2 N–H and O–H groups in total. The third-order valence-corrected chi connectivity index (χ3v) is 8.65. The lowest BCUT2D eigenvalue weighted by Crippen LogP contribution is -2.53. The summed E-state index contributed by atoms with van der Waals surface area (Å²) < 4.78 is 31.1. The van der Waals surface area contributed by atoms with Crippen LogP contribution in [0.2, 0.25) is 0 Å². The van der Waals surface area contributed by atoms with E-state index in [9.17, 15) is 33.5 Å². The highest BCUT2D eigenvalue weighted by Gasteiger charge is 2.61. The molecular formula is C32H40FN3O9. The van der Waals surface area contributed by atoms with Crippen molar-refractivity contribution in [1.29, 1.82) is 0 Å². The fourth-order valence-corrected chi connectivity index (χ4v) is 6.30. The van der Waals surface area contributed by atoms with Gasteiger partial charge in [-0.1, -0.05) is 24.3 Å². The molecule has 0 bridgehead atoms. The van der Waals surface area contributed by atoms with Crippen molar-refractivity contribution in [3.8, 4) is 0 Å². The first-order valence-electron chi connectivity index (χ1n) is 15.3. The molecular weight excluding hydrogens is 589 g/mol. The van der Waals surface area contributed by atoms with Crippen LogP contribution in [0.4, 0.5) is 9.18 Å². The summed E-state index contributed by atoms with van der Waals surface area (Å²) >= 11 is 0. The van der Waals surface area contributed by atoms with E-state index in [-0.39, 0.29) is 51.9 Å². The summed E-state index contributed by atoms with van der Waals surface area (Å²) in [6.07, 6.45) is 2.40. The molecule has 1 aliphatic carbocycles. The predicted molar refractivity (Wildman–Crippen MR) is 156 cm³/mol. The summed E-state index contributed by atoms with van der Waals surface area (Å²) in [5.74, 6) is -4.68. The Morgan fingerprint density at radius 2 is 1.98 bits per heavy atom. The Kier molecular flexibility index (Phi) is 9.20. The third-order valence-electron chi connectivity index (χ3n) is 8.65. The number of esters is 1. The van der Waals surface area contributed by atoms with E-state index in [2.05, 4.69) is 5.32 Å². The van der Waals surface area contributed by atoms with Crippen molar-refractivity contribution >= 4 is 29.8 Å².